The summed E-state index contributed by atoms with van der Waals surface area (Å²) in [6.07, 6.45) is -3.07. The molecule has 3 rings (SSSR count). The fraction of sp³-hybridized carbons (Fsp3) is 0.565. The summed E-state index contributed by atoms with van der Waals surface area (Å²) in [5.74, 6) is -0.398. The van der Waals surface area contributed by atoms with Gasteiger partial charge in [0, 0.05) is 32.7 Å². The average molecular weight is 528 g/mol. The zero-order valence-electron chi connectivity index (χ0n) is 19.9. The maximum absolute atomic E-state index is 13.4. The van der Waals surface area contributed by atoms with E-state index >= 15 is 0 Å². The molecular weight excluding hydrogens is 499 g/mol. The molecule has 1 aromatic rings. The largest absolute Gasteiger partial charge is 0.474 e. The van der Waals surface area contributed by atoms with Crippen LogP contribution in [0, 0.1) is 11.3 Å². The van der Waals surface area contributed by atoms with Gasteiger partial charge in [-0.05, 0) is 75.9 Å². The van der Waals surface area contributed by atoms with Gasteiger partial charge in [-0.2, -0.15) is 18.4 Å². The number of rotatable bonds is 6. The number of nitriles is 1. The molecule has 0 spiro atoms. The molecule has 0 N–H and O–H groups in total. The Kier molecular flexibility index (Phi) is 8.24. The number of ether oxygens (including phenoxy) is 1. The number of unbranched alkanes of at least 4 members (excludes halogenated alkanes) is 1. The number of nitrogens with zero attached hydrogens (tertiary/aromatic N) is 5. The highest BCUT2D eigenvalue weighted by molar-refractivity contribution is 7.80. The van der Waals surface area contributed by atoms with E-state index < -0.39 is 28.7 Å². The summed E-state index contributed by atoms with van der Waals surface area (Å²) >= 11 is 10.7. The molecule has 35 heavy (non-hydrogen) atoms. The molecule has 1 aromatic carbocycles. The van der Waals surface area contributed by atoms with E-state index in [0.29, 0.717) is 11.7 Å². The molecule has 2 heterocycles. The highest BCUT2D eigenvalue weighted by Gasteiger charge is 2.49. The van der Waals surface area contributed by atoms with Gasteiger partial charge in [-0.25, -0.2) is 0 Å². The van der Waals surface area contributed by atoms with Gasteiger partial charge in [-0.1, -0.05) is 0 Å². The number of carbonyl (C=O) groups excluding carboxylic acids is 1. The summed E-state index contributed by atoms with van der Waals surface area (Å²) in [5.41, 5.74) is -2.57. The predicted molar refractivity (Wildman–Crippen MR) is 134 cm³/mol. The molecule has 0 bridgehead atoms. The van der Waals surface area contributed by atoms with Crippen LogP contribution in [0.5, 0.6) is 0 Å². The van der Waals surface area contributed by atoms with E-state index in [1.54, 1.807) is 31.9 Å². The third kappa shape index (κ3) is 5.68. The Balaban J connectivity index is 1.63. The molecule has 2 fully saturated rings. The minimum absolute atomic E-state index is 0.00810. The first-order chi connectivity index (χ1) is 16.4. The molecule has 0 aromatic heterocycles. The fourth-order valence-corrected chi connectivity index (χ4v) is 5.02. The van der Waals surface area contributed by atoms with Crippen LogP contribution in [-0.4, -0.2) is 82.8 Å². The number of hydrogen-bond donors (Lipinski definition) is 0. The number of thiocarbonyl (C=S) groups is 2. The van der Waals surface area contributed by atoms with Crippen LogP contribution in [0.15, 0.2) is 18.2 Å². The van der Waals surface area contributed by atoms with Crippen molar-refractivity contribution in [2.45, 2.75) is 38.4 Å². The maximum atomic E-state index is 13.4. The number of alkyl halides is 3. The Morgan fingerprint density at radius 2 is 1.80 bits per heavy atom. The molecular formula is C23H28F3N5O2S2. The molecule has 190 valence electrons. The Hall–Kier alpha value is -2.49. The van der Waals surface area contributed by atoms with Gasteiger partial charge in [0.05, 0.1) is 30.0 Å². The van der Waals surface area contributed by atoms with Gasteiger partial charge in [-0.3, -0.25) is 14.6 Å². The molecule has 0 atom stereocenters. The van der Waals surface area contributed by atoms with E-state index in [2.05, 4.69) is 4.90 Å². The van der Waals surface area contributed by atoms with Crippen molar-refractivity contribution >= 4 is 46.3 Å². The summed E-state index contributed by atoms with van der Waals surface area (Å²) in [6.45, 7) is 8.20. The van der Waals surface area contributed by atoms with Gasteiger partial charge < -0.3 is 14.5 Å². The number of benzene rings is 1. The third-order valence-corrected chi connectivity index (χ3v) is 7.25. The zero-order valence-corrected chi connectivity index (χ0v) is 21.5. The molecule has 12 heteroatoms. The molecule has 0 radical (unpaired) electrons. The minimum atomic E-state index is -4.72. The number of halogens is 3. The lowest BCUT2D eigenvalue weighted by Gasteiger charge is -2.35. The number of anilines is 1. The Bertz CT molecular complexity index is 1030. The second-order valence-electron chi connectivity index (χ2n) is 8.98. The Labute approximate surface area is 214 Å². The van der Waals surface area contributed by atoms with Crippen LogP contribution in [0.4, 0.5) is 18.9 Å². The van der Waals surface area contributed by atoms with Crippen LogP contribution < -0.4 is 4.90 Å². The summed E-state index contributed by atoms with van der Waals surface area (Å²) < 4.78 is 45.5. The van der Waals surface area contributed by atoms with Gasteiger partial charge in [0.2, 0.25) is 0 Å². The van der Waals surface area contributed by atoms with E-state index in [4.69, 9.17) is 34.4 Å². The second kappa shape index (κ2) is 10.6. The zero-order chi connectivity index (χ0) is 26.0. The number of amides is 1. The molecule has 2 saturated heterocycles. The molecule has 1 amide bonds. The maximum Gasteiger partial charge on any atom is 0.417 e. The van der Waals surface area contributed by atoms with Gasteiger partial charge in [0.25, 0.3) is 11.1 Å². The number of carbonyl (C=O) groups is 1. The molecule has 0 saturated carbocycles. The lowest BCUT2D eigenvalue weighted by molar-refractivity contribution is -0.137. The van der Waals surface area contributed by atoms with Crippen molar-refractivity contribution in [3.05, 3.63) is 29.3 Å². The highest BCUT2D eigenvalue weighted by atomic mass is 32.1. The third-order valence-electron chi connectivity index (χ3n) is 6.42. The van der Waals surface area contributed by atoms with E-state index in [1.807, 2.05) is 4.90 Å². The van der Waals surface area contributed by atoms with Gasteiger partial charge in [-0.15, -0.1) is 0 Å². The van der Waals surface area contributed by atoms with Crippen molar-refractivity contribution in [1.82, 2.24) is 14.7 Å². The van der Waals surface area contributed by atoms with Crippen molar-refractivity contribution in [3.8, 4) is 6.07 Å². The lowest BCUT2D eigenvalue weighted by atomic mass is 10.0. The second-order valence-corrected chi connectivity index (χ2v) is 9.69. The fourth-order valence-electron chi connectivity index (χ4n) is 4.33. The Morgan fingerprint density at radius 1 is 1.17 bits per heavy atom. The van der Waals surface area contributed by atoms with Crippen molar-refractivity contribution in [2.75, 3.05) is 51.3 Å². The average Bonchev–Trinajstić information content (AvgIpc) is 2.99. The number of piperazine rings is 1. The van der Waals surface area contributed by atoms with Crippen LogP contribution in [0.25, 0.3) is 0 Å². The van der Waals surface area contributed by atoms with Gasteiger partial charge >= 0.3 is 6.18 Å². The lowest BCUT2D eigenvalue weighted by Crippen LogP contribution is -2.49. The van der Waals surface area contributed by atoms with Crippen LogP contribution in [-0.2, 0) is 15.7 Å². The molecule has 0 aliphatic carbocycles. The molecule has 7 nitrogen and oxygen atoms in total. The van der Waals surface area contributed by atoms with Crippen LogP contribution in [0.1, 0.15) is 37.8 Å². The summed E-state index contributed by atoms with van der Waals surface area (Å²) in [6, 6.07) is 4.77. The summed E-state index contributed by atoms with van der Waals surface area (Å²) in [4.78, 5) is 20.5. The van der Waals surface area contributed by atoms with E-state index in [1.165, 1.54) is 6.07 Å². The van der Waals surface area contributed by atoms with Crippen molar-refractivity contribution in [3.63, 3.8) is 0 Å². The minimum Gasteiger partial charge on any atom is -0.474 e. The first-order valence-electron chi connectivity index (χ1n) is 11.2. The number of methoxy groups -OCH3 is 1. The number of hydrogen-bond acceptors (Lipinski definition) is 6. The van der Waals surface area contributed by atoms with E-state index in [9.17, 15) is 18.0 Å². The quantitative estimate of drug-likeness (QED) is 0.411. The van der Waals surface area contributed by atoms with Crippen LogP contribution in [0.2, 0.25) is 0 Å². The van der Waals surface area contributed by atoms with Crippen LogP contribution in [0.3, 0.4) is 0 Å². The van der Waals surface area contributed by atoms with E-state index in [0.717, 1.165) is 62.6 Å². The predicted octanol–water partition coefficient (Wildman–Crippen LogP) is 3.62. The standard InChI is InChI=1S/C23H28F3N5O2S2/c1-22(2)19(32)31(17-7-6-16(15-27)18(14-17)23(24,25)26)20(34)30(22)9-5-4-8-28-10-12-29(13-11-28)21(35)33-3/h6-7,14H,4-5,8-13H2,1-3H3. The molecule has 0 unspecified atom stereocenters. The van der Waals surface area contributed by atoms with Gasteiger partial charge in [0.1, 0.15) is 5.54 Å². The summed E-state index contributed by atoms with van der Waals surface area (Å²) in [7, 11) is 1.57. The SMILES string of the molecule is COC(=S)N1CCN(CCCCN2C(=S)N(c3ccc(C#N)c(C(F)(F)F)c3)C(=O)C2(C)C)CC1. The van der Waals surface area contributed by atoms with Crippen molar-refractivity contribution in [2.24, 2.45) is 0 Å². The Morgan fingerprint density at radius 3 is 2.37 bits per heavy atom. The highest BCUT2D eigenvalue weighted by Crippen LogP contribution is 2.37. The first kappa shape index (κ1) is 27.1. The molecule has 2 aliphatic rings. The van der Waals surface area contributed by atoms with Crippen molar-refractivity contribution < 1.29 is 22.7 Å². The monoisotopic (exact) mass is 527 g/mol. The van der Waals surface area contributed by atoms with Crippen molar-refractivity contribution in [1.29, 1.82) is 5.26 Å². The van der Waals surface area contributed by atoms with Crippen LogP contribution >= 0.6 is 24.4 Å². The normalized spacial score (nSPS) is 18.7. The van der Waals surface area contributed by atoms with E-state index in [-0.39, 0.29) is 10.8 Å². The topological polar surface area (TPSA) is 63.1 Å². The van der Waals surface area contributed by atoms with Gasteiger partial charge in [0.15, 0.2) is 5.11 Å². The molecule has 2 aliphatic heterocycles. The smallest absolute Gasteiger partial charge is 0.417 e. The summed E-state index contributed by atoms with van der Waals surface area (Å²) in [5, 5.41) is 9.72. The first-order valence-corrected chi connectivity index (χ1v) is 12.1.